The molecular weight excluding hydrogens is 360 g/mol. The van der Waals surface area contributed by atoms with E-state index in [1.54, 1.807) is 32.5 Å². The number of hydrogen-bond donors (Lipinski definition) is 1. The van der Waals surface area contributed by atoms with Crippen LogP contribution in [0, 0.1) is 0 Å². The summed E-state index contributed by atoms with van der Waals surface area (Å²) < 4.78 is 16.2. The van der Waals surface area contributed by atoms with E-state index in [1.165, 1.54) is 6.20 Å². The van der Waals surface area contributed by atoms with Crippen LogP contribution < -0.4 is 19.9 Å². The van der Waals surface area contributed by atoms with Crippen LogP contribution in [0.15, 0.2) is 24.5 Å². The van der Waals surface area contributed by atoms with Gasteiger partial charge in [0, 0.05) is 37.0 Å². The molecule has 0 unspecified atom stereocenters. The zero-order valence-electron chi connectivity index (χ0n) is 16.5. The SMILES string of the molecule is CCOc1cnc(C(=O)N2CCC(c3cnc(N)cc3OC)CC2)cc1OC. The third kappa shape index (κ3) is 4.11. The molecule has 0 spiro atoms. The van der Waals surface area contributed by atoms with Crippen LogP contribution in [0.1, 0.15) is 41.7 Å². The number of likely N-dealkylation sites (tertiary alicyclic amines) is 1. The lowest BCUT2D eigenvalue weighted by molar-refractivity contribution is 0.0706. The van der Waals surface area contributed by atoms with E-state index >= 15 is 0 Å². The molecule has 1 aliphatic rings. The first kappa shape index (κ1) is 19.7. The number of ether oxygens (including phenoxy) is 3. The van der Waals surface area contributed by atoms with E-state index in [-0.39, 0.29) is 11.8 Å². The molecule has 0 aliphatic carbocycles. The van der Waals surface area contributed by atoms with Crippen LogP contribution in [0.4, 0.5) is 5.82 Å². The van der Waals surface area contributed by atoms with Crippen molar-refractivity contribution in [1.82, 2.24) is 14.9 Å². The fourth-order valence-corrected chi connectivity index (χ4v) is 3.47. The van der Waals surface area contributed by atoms with Crippen molar-refractivity contribution < 1.29 is 19.0 Å². The number of hydrogen-bond acceptors (Lipinski definition) is 7. The first-order chi connectivity index (χ1) is 13.6. The molecule has 2 aromatic rings. The number of rotatable bonds is 6. The van der Waals surface area contributed by atoms with Crippen molar-refractivity contribution in [3.05, 3.63) is 35.8 Å². The fourth-order valence-electron chi connectivity index (χ4n) is 3.47. The third-order valence-electron chi connectivity index (χ3n) is 4.93. The zero-order chi connectivity index (χ0) is 20.1. The van der Waals surface area contributed by atoms with Crippen LogP contribution in [0.25, 0.3) is 0 Å². The fraction of sp³-hybridized carbons (Fsp3) is 0.450. The molecule has 3 rings (SSSR count). The van der Waals surface area contributed by atoms with Gasteiger partial charge >= 0.3 is 0 Å². The molecular formula is C20H26N4O4. The van der Waals surface area contributed by atoms with Crippen molar-refractivity contribution in [3.63, 3.8) is 0 Å². The molecule has 8 heteroatoms. The highest BCUT2D eigenvalue weighted by Gasteiger charge is 2.27. The first-order valence-corrected chi connectivity index (χ1v) is 9.32. The number of nitrogen functional groups attached to an aromatic ring is 1. The molecule has 0 bridgehead atoms. The van der Waals surface area contributed by atoms with E-state index in [4.69, 9.17) is 19.9 Å². The minimum atomic E-state index is -0.109. The second-order valence-electron chi connectivity index (χ2n) is 6.57. The van der Waals surface area contributed by atoms with Gasteiger partial charge < -0.3 is 24.8 Å². The Bertz CT molecular complexity index is 835. The second-order valence-corrected chi connectivity index (χ2v) is 6.57. The Hall–Kier alpha value is -3.03. The minimum Gasteiger partial charge on any atom is -0.496 e. The maximum absolute atomic E-state index is 12.9. The quantitative estimate of drug-likeness (QED) is 0.814. The number of nitrogens with zero attached hydrogens (tertiary/aromatic N) is 3. The third-order valence-corrected chi connectivity index (χ3v) is 4.93. The lowest BCUT2D eigenvalue weighted by Crippen LogP contribution is -2.38. The molecule has 8 nitrogen and oxygen atoms in total. The lowest BCUT2D eigenvalue weighted by Gasteiger charge is -2.32. The van der Waals surface area contributed by atoms with Crippen LogP contribution in [-0.2, 0) is 0 Å². The van der Waals surface area contributed by atoms with Crippen molar-refractivity contribution in [2.24, 2.45) is 0 Å². The van der Waals surface area contributed by atoms with Crippen molar-refractivity contribution in [2.75, 3.05) is 39.6 Å². The number of anilines is 1. The van der Waals surface area contributed by atoms with E-state index in [2.05, 4.69) is 9.97 Å². The van der Waals surface area contributed by atoms with E-state index in [0.717, 1.165) is 24.2 Å². The summed E-state index contributed by atoms with van der Waals surface area (Å²) in [7, 11) is 3.17. The highest BCUT2D eigenvalue weighted by molar-refractivity contribution is 5.93. The second kappa shape index (κ2) is 8.77. The van der Waals surface area contributed by atoms with Gasteiger partial charge in [-0.1, -0.05) is 0 Å². The molecule has 1 saturated heterocycles. The van der Waals surface area contributed by atoms with Gasteiger partial charge in [0.05, 0.1) is 27.0 Å². The number of nitrogens with two attached hydrogens (primary N) is 1. The van der Waals surface area contributed by atoms with Gasteiger partial charge in [0.15, 0.2) is 11.5 Å². The van der Waals surface area contributed by atoms with Gasteiger partial charge in [-0.05, 0) is 25.7 Å². The molecule has 0 saturated carbocycles. The van der Waals surface area contributed by atoms with Crippen LogP contribution in [0.5, 0.6) is 17.2 Å². The number of aromatic nitrogens is 2. The Morgan fingerprint density at radius 3 is 2.46 bits per heavy atom. The predicted octanol–water partition coefficient (Wildman–Crippen LogP) is 2.49. The first-order valence-electron chi connectivity index (χ1n) is 9.32. The normalized spacial score (nSPS) is 14.6. The predicted molar refractivity (Wildman–Crippen MR) is 105 cm³/mol. The number of carbonyl (C=O) groups excluding carboxylic acids is 1. The Balaban J connectivity index is 1.69. The Morgan fingerprint density at radius 1 is 1.11 bits per heavy atom. The molecule has 0 atom stereocenters. The van der Waals surface area contributed by atoms with Gasteiger partial charge in [-0.15, -0.1) is 0 Å². The Kier molecular flexibility index (Phi) is 6.18. The van der Waals surface area contributed by atoms with Crippen molar-refractivity contribution in [2.45, 2.75) is 25.7 Å². The number of methoxy groups -OCH3 is 2. The van der Waals surface area contributed by atoms with E-state index < -0.39 is 0 Å². The maximum Gasteiger partial charge on any atom is 0.272 e. The van der Waals surface area contributed by atoms with Crippen molar-refractivity contribution in [1.29, 1.82) is 0 Å². The van der Waals surface area contributed by atoms with E-state index in [9.17, 15) is 4.79 Å². The number of amides is 1. The lowest BCUT2D eigenvalue weighted by atomic mass is 9.89. The molecule has 28 heavy (non-hydrogen) atoms. The Morgan fingerprint density at radius 2 is 1.82 bits per heavy atom. The van der Waals surface area contributed by atoms with Crippen LogP contribution in [-0.4, -0.2) is 54.7 Å². The van der Waals surface area contributed by atoms with Gasteiger partial charge in [-0.3, -0.25) is 4.79 Å². The molecule has 150 valence electrons. The van der Waals surface area contributed by atoms with Gasteiger partial charge in [0.25, 0.3) is 5.91 Å². The smallest absolute Gasteiger partial charge is 0.272 e. The summed E-state index contributed by atoms with van der Waals surface area (Å²) in [6.07, 6.45) is 4.95. The number of carbonyl (C=O) groups is 1. The van der Waals surface area contributed by atoms with E-state index in [0.29, 0.717) is 42.7 Å². The molecule has 0 aromatic carbocycles. The van der Waals surface area contributed by atoms with Crippen LogP contribution in [0.3, 0.4) is 0 Å². The molecule has 1 aliphatic heterocycles. The van der Waals surface area contributed by atoms with Crippen molar-refractivity contribution >= 4 is 11.7 Å². The average molecular weight is 386 g/mol. The monoisotopic (exact) mass is 386 g/mol. The number of pyridine rings is 2. The van der Waals surface area contributed by atoms with Gasteiger partial charge in [-0.25, -0.2) is 9.97 Å². The summed E-state index contributed by atoms with van der Waals surface area (Å²) in [5.74, 6) is 2.38. The highest BCUT2D eigenvalue weighted by atomic mass is 16.5. The summed E-state index contributed by atoms with van der Waals surface area (Å²) in [4.78, 5) is 23.1. The summed E-state index contributed by atoms with van der Waals surface area (Å²) >= 11 is 0. The maximum atomic E-state index is 12.9. The van der Waals surface area contributed by atoms with Gasteiger partial charge in [0.1, 0.15) is 17.3 Å². The van der Waals surface area contributed by atoms with E-state index in [1.807, 2.05) is 11.8 Å². The topological polar surface area (TPSA) is 99.8 Å². The molecule has 0 radical (unpaired) electrons. The summed E-state index contributed by atoms with van der Waals surface area (Å²) in [5, 5.41) is 0. The minimum absolute atomic E-state index is 0.109. The highest BCUT2D eigenvalue weighted by Crippen LogP contribution is 2.35. The molecule has 2 aromatic heterocycles. The van der Waals surface area contributed by atoms with Crippen LogP contribution in [0.2, 0.25) is 0 Å². The van der Waals surface area contributed by atoms with Crippen LogP contribution >= 0.6 is 0 Å². The standard InChI is InChI=1S/C20H26N4O4/c1-4-28-18-12-22-15(9-17(18)27-3)20(25)24-7-5-13(6-8-24)14-11-23-19(21)10-16(14)26-2/h9-13H,4-8H2,1-3H3,(H2,21,23). The van der Waals surface area contributed by atoms with Gasteiger partial charge in [-0.2, -0.15) is 0 Å². The largest absolute Gasteiger partial charge is 0.496 e. The average Bonchev–Trinajstić information content (AvgIpc) is 2.73. The molecule has 3 heterocycles. The summed E-state index contributed by atoms with van der Waals surface area (Å²) in [6, 6.07) is 3.37. The molecule has 1 fully saturated rings. The van der Waals surface area contributed by atoms with Crippen molar-refractivity contribution in [3.8, 4) is 17.2 Å². The Labute approximate surface area is 164 Å². The van der Waals surface area contributed by atoms with Gasteiger partial charge in [0.2, 0.25) is 0 Å². The molecule has 2 N–H and O–H groups in total. The summed E-state index contributed by atoms with van der Waals surface area (Å²) in [5.41, 5.74) is 7.13. The number of piperidine rings is 1. The summed E-state index contributed by atoms with van der Waals surface area (Å²) in [6.45, 7) is 3.65. The zero-order valence-corrected chi connectivity index (χ0v) is 16.5. The molecule has 1 amide bonds.